The number of amides is 1. The molecule has 1 atom stereocenters. The molecule has 0 saturated carbocycles. The molecule has 0 aliphatic heterocycles. The van der Waals surface area contributed by atoms with E-state index in [1.54, 1.807) is 24.3 Å². The Kier molecular flexibility index (Phi) is 5.62. The summed E-state index contributed by atoms with van der Waals surface area (Å²) in [5, 5.41) is 2.88. The predicted octanol–water partition coefficient (Wildman–Crippen LogP) is 2.62. The number of carbonyl (C=O) groups is 1. The minimum Gasteiger partial charge on any atom is -0.351 e. The molecule has 0 spiro atoms. The number of sulfonamides is 1. The molecule has 0 aliphatic carbocycles. The van der Waals surface area contributed by atoms with E-state index in [-0.39, 0.29) is 11.8 Å². The first-order valence-corrected chi connectivity index (χ1v) is 9.51. The third-order valence-electron chi connectivity index (χ3n) is 3.92. The second-order valence-electron chi connectivity index (χ2n) is 5.77. The van der Waals surface area contributed by atoms with E-state index in [4.69, 9.17) is 0 Å². The molecule has 24 heavy (non-hydrogen) atoms. The number of para-hydroxylation sites is 1. The van der Waals surface area contributed by atoms with Gasteiger partial charge in [-0.15, -0.1) is 0 Å². The molecule has 0 radical (unpaired) electrons. The third-order valence-corrected chi connectivity index (χ3v) is 5.11. The monoisotopic (exact) mass is 346 g/mol. The van der Waals surface area contributed by atoms with Gasteiger partial charge in [-0.05, 0) is 23.6 Å². The van der Waals surface area contributed by atoms with E-state index in [1.807, 2.05) is 37.3 Å². The van der Waals surface area contributed by atoms with E-state index >= 15 is 0 Å². The quantitative estimate of drug-likeness (QED) is 0.874. The number of anilines is 1. The van der Waals surface area contributed by atoms with Crippen LogP contribution in [0.3, 0.4) is 0 Å². The second kappa shape index (κ2) is 7.49. The van der Waals surface area contributed by atoms with Gasteiger partial charge in [-0.25, -0.2) is 8.42 Å². The number of hydrogen-bond acceptors (Lipinski definition) is 3. The summed E-state index contributed by atoms with van der Waals surface area (Å²) in [4.78, 5) is 12.5. The fourth-order valence-electron chi connectivity index (χ4n) is 2.36. The molecule has 0 unspecified atom stereocenters. The van der Waals surface area contributed by atoms with Crippen molar-refractivity contribution in [3.8, 4) is 0 Å². The Morgan fingerprint density at radius 2 is 1.67 bits per heavy atom. The number of rotatable bonds is 6. The van der Waals surface area contributed by atoms with Crippen molar-refractivity contribution in [3.05, 3.63) is 65.7 Å². The average Bonchev–Trinajstić information content (AvgIpc) is 2.58. The van der Waals surface area contributed by atoms with Crippen molar-refractivity contribution in [2.24, 2.45) is 0 Å². The molecule has 0 saturated heterocycles. The third kappa shape index (κ3) is 4.35. The average molecular weight is 346 g/mol. The van der Waals surface area contributed by atoms with Gasteiger partial charge in [-0.1, -0.05) is 49.4 Å². The predicted molar refractivity (Wildman–Crippen MR) is 96.9 cm³/mol. The Balaban J connectivity index is 2.13. The minimum absolute atomic E-state index is 0.162. The van der Waals surface area contributed by atoms with Gasteiger partial charge in [0.1, 0.15) is 0 Å². The van der Waals surface area contributed by atoms with Gasteiger partial charge >= 0.3 is 0 Å². The number of benzene rings is 2. The van der Waals surface area contributed by atoms with Gasteiger partial charge in [0.05, 0.1) is 17.5 Å². The first-order chi connectivity index (χ1) is 11.3. The van der Waals surface area contributed by atoms with Gasteiger partial charge in [0.2, 0.25) is 10.0 Å². The molecular formula is C18H22N2O3S. The maximum Gasteiger partial charge on any atom is 0.253 e. The van der Waals surface area contributed by atoms with Crippen molar-refractivity contribution in [3.63, 3.8) is 0 Å². The maximum absolute atomic E-state index is 12.5. The molecule has 2 aromatic carbocycles. The second-order valence-corrected chi connectivity index (χ2v) is 7.78. The van der Waals surface area contributed by atoms with Crippen LogP contribution in [-0.2, 0) is 10.0 Å². The van der Waals surface area contributed by atoms with Crippen molar-refractivity contribution >= 4 is 21.6 Å². The Bertz CT molecular complexity index is 804. The van der Waals surface area contributed by atoms with E-state index in [1.165, 1.54) is 7.05 Å². The molecule has 0 heterocycles. The van der Waals surface area contributed by atoms with Gasteiger partial charge in [-0.2, -0.15) is 0 Å². The lowest BCUT2D eigenvalue weighted by molar-refractivity contribution is 0.0952. The lowest BCUT2D eigenvalue weighted by Crippen LogP contribution is -2.31. The van der Waals surface area contributed by atoms with E-state index in [2.05, 4.69) is 5.32 Å². The van der Waals surface area contributed by atoms with Crippen LogP contribution in [0.4, 0.5) is 5.69 Å². The van der Waals surface area contributed by atoms with Gasteiger partial charge in [0, 0.05) is 13.6 Å². The van der Waals surface area contributed by atoms with E-state index in [0.717, 1.165) is 16.1 Å². The smallest absolute Gasteiger partial charge is 0.253 e. The van der Waals surface area contributed by atoms with Gasteiger partial charge in [0.15, 0.2) is 0 Å². The SMILES string of the molecule is C[C@H](CNC(=O)c1ccccc1N(C)S(C)(=O)=O)c1ccccc1. The fourth-order valence-corrected chi connectivity index (χ4v) is 2.88. The van der Waals surface area contributed by atoms with Gasteiger partial charge < -0.3 is 5.32 Å². The molecule has 1 amide bonds. The van der Waals surface area contributed by atoms with Gasteiger partial charge in [0.25, 0.3) is 5.91 Å². The highest BCUT2D eigenvalue weighted by Gasteiger charge is 2.19. The number of carbonyl (C=O) groups excluding carboxylic acids is 1. The van der Waals surface area contributed by atoms with Crippen LogP contribution in [0.1, 0.15) is 28.8 Å². The lowest BCUT2D eigenvalue weighted by atomic mass is 10.0. The van der Waals surface area contributed by atoms with Crippen molar-refractivity contribution in [2.45, 2.75) is 12.8 Å². The van der Waals surface area contributed by atoms with Crippen LogP contribution in [0.2, 0.25) is 0 Å². The molecule has 2 rings (SSSR count). The summed E-state index contributed by atoms with van der Waals surface area (Å²) in [6.45, 7) is 2.50. The molecule has 128 valence electrons. The highest BCUT2D eigenvalue weighted by atomic mass is 32.2. The van der Waals surface area contributed by atoms with Crippen LogP contribution >= 0.6 is 0 Å². The zero-order chi connectivity index (χ0) is 17.7. The molecule has 6 heteroatoms. The van der Waals surface area contributed by atoms with Crippen molar-refractivity contribution < 1.29 is 13.2 Å². The first kappa shape index (κ1) is 18.0. The number of nitrogens with zero attached hydrogens (tertiary/aromatic N) is 1. The molecule has 0 bridgehead atoms. The van der Waals surface area contributed by atoms with Crippen LogP contribution in [0, 0.1) is 0 Å². The van der Waals surface area contributed by atoms with E-state index < -0.39 is 10.0 Å². The van der Waals surface area contributed by atoms with E-state index in [0.29, 0.717) is 17.8 Å². The minimum atomic E-state index is -3.43. The van der Waals surface area contributed by atoms with Crippen LogP contribution in [0.5, 0.6) is 0 Å². The Morgan fingerprint density at radius 3 is 2.29 bits per heavy atom. The molecular weight excluding hydrogens is 324 g/mol. The molecule has 0 aromatic heterocycles. The zero-order valence-corrected chi connectivity index (χ0v) is 14.9. The summed E-state index contributed by atoms with van der Waals surface area (Å²) >= 11 is 0. The summed E-state index contributed by atoms with van der Waals surface area (Å²) in [6.07, 6.45) is 1.11. The summed E-state index contributed by atoms with van der Waals surface area (Å²) in [7, 11) is -1.99. The highest BCUT2D eigenvalue weighted by Crippen LogP contribution is 2.21. The van der Waals surface area contributed by atoms with Crippen LogP contribution in [-0.4, -0.2) is 34.2 Å². The van der Waals surface area contributed by atoms with Crippen LogP contribution in [0.25, 0.3) is 0 Å². The number of nitrogens with one attached hydrogen (secondary N) is 1. The first-order valence-electron chi connectivity index (χ1n) is 7.66. The Labute approximate surface area is 143 Å². The molecule has 0 aliphatic rings. The van der Waals surface area contributed by atoms with Gasteiger partial charge in [-0.3, -0.25) is 9.10 Å². The largest absolute Gasteiger partial charge is 0.351 e. The van der Waals surface area contributed by atoms with Crippen molar-refractivity contribution in [1.29, 1.82) is 0 Å². The van der Waals surface area contributed by atoms with E-state index in [9.17, 15) is 13.2 Å². The summed E-state index contributed by atoms with van der Waals surface area (Å²) in [6, 6.07) is 16.6. The Hall–Kier alpha value is -2.34. The highest BCUT2D eigenvalue weighted by molar-refractivity contribution is 7.92. The molecule has 2 aromatic rings. The standard InChI is InChI=1S/C18H22N2O3S/c1-14(15-9-5-4-6-10-15)13-19-18(21)16-11-7-8-12-17(16)20(2)24(3,22)23/h4-12,14H,13H2,1-3H3,(H,19,21)/t14-/m1/s1. The lowest BCUT2D eigenvalue weighted by Gasteiger charge is -2.20. The molecule has 0 fully saturated rings. The summed E-state index contributed by atoms with van der Waals surface area (Å²) in [5.41, 5.74) is 1.84. The molecule has 5 nitrogen and oxygen atoms in total. The summed E-state index contributed by atoms with van der Waals surface area (Å²) in [5.74, 6) is -0.126. The summed E-state index contributed by atoms with van der Waals surface area (Å²) < 4.78 is 24.6. The van der Waals surface area contributed by atoms with Crippen molar-refractivity contribution in [1.82, 2.24) is 5.32 Å². The molecule has 1 N–H and O–H groups in total. The topological polar surface area (TPSA) is 66.5 Å². The van der Waals surface area contributed by atoms with Crippen LogP contribution in [0.15, 0.2) is 54.6 Å². The Morgan fingerprint density at radius 1 is 1.08 bits per heavy atom. The normalized spacial score (nSPS) is 12.5. The number of hydrogen-bond donors (Lipinski definition) is 1. The maximum atomic E-state index is 12.5. The van der Waals surface area contributed by atoms with Crippen LogP contribution < -0.4 is 9.62 Å². The van der Waals surface area contributed by atoms with Crippen molar-refractivity contribution in [2.75, 3.05) is 24.2 Å². The fraction of sp³-hybridized carbons (Fsp3) is 0.278. The zero-order valence-electron chi connectivity index (χ0n) is 14.1.